The molecule has 1 rings (SSSR count). The molecule has 5 nitrogen and oxygen atoms in total. The van der Waals surface area contributed by atoms with Crippen LogP contribution in [0.5, 0.6) is 0 Å². The van der Waals surface area contributed by atoms with Crippen molar-refractivity contribution in [2.24, 2.45) is 5.73 Å². The standard InChI is InChI=1S/C9H17N3O2/c1-7-9(14)11-8(13)6-12(7)5-3-2-4-10/h7H,2-6,10H2,1H3,(H,11,13,14). The second-order valence-corrected chi connectivity index (χ2v) is 3.55. The van der Waals surface area contributed by atoms with E-state index in [1.54, 1.807) is 0 Å². The van der Waals surface area contributed by atoms with Crippen LogP contribution < -0.4 is 11.1 Å². The summed E-state index contributed by atoms with van der Waals surface area (Å²) in [6.45, 7) is 3.54. The first kappa shape index (κ1) is 11.1. The van der Waals surface area contributed by atoms with Crippen molar-refractivity contribution in [3.63, 3.8) is 0 Å². The van der Waals surface area contributed by atoms with Gasteiger partial charge in [-0.3, -0.25) is 19.8 Å². The summed E-state index contributed by atoms with van der Waals surface area (Å²) in [5.74, 6) is -0.408. The van der Waals surface area contributed by atoms with Crippen LogP contribution in [0.25, 0.3) is 0 Å². The highest BCUT2D eigenvalue weighted by molar-refractivity contribution is 6.00. The van der Waals surface area contributed by atoms with E-state index in [2.05, 4.69) is 5.32 Å². The number of nitrogens with one attached hydrogen (secondary N) is 1. The van der Waals surface area contributed by atoms with Gasteiger partial charge in [0.15, 0.2) is 0 Å². The Kier molecular flexibility index (Phi) is 4.03. The van der Waals surface area contributed by atoms with E-state index in [4.69, 9.17) is 5.73 Å². The Labute approximate surface area is 83.6 Å². The van der Waals surface area contributed by atoms with E-state index in [0.717, 1.165) is 19.4 Å². The first-order valence-corrected chi connectivity index (χ1v) is 4.93. The van der Waals surface area contributed by atoms with Gasteiger partial charge in [0.25, 0.3) is 0 Å². The molecule has 0 aliphatic carbocycles. The third-order valence-electron chi connectivity index (χ3n) is 2.44. The highest BCUT2D eigenvalue weighted by Gasteiger charge is 2.29. The fraction of sp³-hybridized carbons (Fsp3) is 0.778. The number of unbranched alkanes of at least 4 members (excludes halogenated alkanes) is 1. The Morgan fingerprint density at radius 3 is 2.86 bits per heavy atom. The van der Waals surface area contributed by atoms with E-state index in [1.165, 1.54) is 0 Å². The molecule has 0 bridgehead atoms. The Morgan fingerprint density at radius 2 is 2.21 bits per heavy atom. The zero-order chi connectivity index (χ0) is 10.6. The van der Waals surface area contributed by atoms with E-state index in [-0.39, 0.29) is 17.9 Å². The zero-order valence-electron chi connectivity index (χ0n) is 8.45. The van der Waals surface area contributed by atoms with Crippen molar-refractivity contribution in [1.29, 1.82) is 0 Å². The molecule has 14 heavy (non-hydrogen) atoms. The maximum absolute atomic E-state index is 11.2. The van der Waals surface area contributed by atoms with Crippen LogP contribution in [0, 0.1) is 0 Å². The molecule has 1 heterocycles. The van der Waals surface area contributed by atoms with Gasteiger partial charge < -0.3 is 5.73 Å². The summed E-state index contributed by atoms with van der Waals surface area (Å²) in [6.07, 6.45) is 1.86. The molecule has 80 valence electrons. The van der Waals surface area contributed by atoms with Crippen molar-refractivity contribution in [2.75, 3.05) is 19.6 Å². The molecule has 2 amide bonds. The molecule has 0 aromatic carbocycles. The number of nitrogens with zero attached hydrogens (tertiary/aromatic N) is 1. The molecule has 0 aromatic rings. The molecular weight excluding hydrogens is 182 g/mol. The summed E-state index contributed by atoms with van der Waals surface area (Å²) < 4.78 is 0. The lowest BCUT2D eigenvalue weighted by Crippen LogP contribution is -2.56. The number of amides is 2. The van der Waals surface area contributed by atoms with Gasteiger partial charge >= 0.3 is 0 Å². The van der Waals surface area contributed by atoms with Gasteiger partial charge in [-0.25, -0.2) is 0 Å². The Balaban J connectivity index is 2.41. The number of imide groups is 1. The van der Waals surface area contributed by atoms with Gasteiger partial charge in [-0.1, -0.05) is 0 Å². The van der Waals surface area contributed by atoms with E-state index in [1.807, 2.05) is 11.8 Å². The van der Waals surface area contributed by atoms with Gasteiger partial charge in [-0.05, 0) is 32.9 Å². The van der Waals surface area contributed by atoms with Crippen LogP contribution in [-0.4, -0.2) is 42.4 Å². The van der Waals surface area contributed by atoms with Crippen LogP contribution in [0.1, 0.15) is 19.8 Å². The van der Waals surface area contributed by atoms with Crippen molar-refractivity contribution in [3.8, 4) is 0 Å². The van der Waals surface area contributed by atoms with Crippen molar-refractivity contribution in [2.45, 2.75) is 25.8 Å². The second kappa shape index (κ2) is 5.07. The normalized spacial score (nSPS) is 23.7. The fourth-order valence-corrected chi connectivity index (χ4v) is 1.50. The predicted molar refractivity (Wildman–Crippen MR) is 52.5 cm³/mol. The van der Waals surface area contributed by atoms with Crippen LogP contribution in [-0.2, 0) is 9.59 Å². The molecule has 1 unspecified atom stereocenters. The molecule has 1 saturated heterocycles. The Morgan fingerprint density at radius 1 is 1.50 bits per heavy atom. The van der Waals surface area contributed by atoms with E-state index < -0.39 is 0 Å². The van der Waals surface area contributed by atoms with Gasteiger partial charge in [0.05, 0.1) is 12.6 Å². The third-order valence-corrected chi connectivity index (χ3v) is 2.44. The van der Waals surface area contributed by atoms with E-state index in [9.17, 15) is 9.59 Å². The monoisotopic (exact) mass is 199 g/mol. The van der Waals surface area contributed by atoms with Crippen LogP contribution in [0.4, 0.5) is 0 Å². The summed E-state index contributed by atoms with van der Waals surface area (Å²) in [5, 5.41) is 2.31. The lowest BCUT2D eigenvalue weighted by Gasteiger charge is -2.31. The summed E-state index contributed by atoms with van der Waals surface area (Å²) in [7, 11) is 0. The summed E-state index contributed by atoms with van der Waals surface area (Å²) >= 11 is 0. The van der Waals surface area contributed by atoms with Crippen LogP contribution in [0.3, 0.4) is 0 Å². The lowest BCUT2D eigenvalue weighted by atomic mass is 10.2. The number of piperazine rings is 1. The molecule has 3 N–H and O–H groups in total. The number of carbonyl (C=O) groups is 2. The quantitative estimate of drug-likeness (QED) is 0.453. The molecule has 1 aliphatic rings. The topological polar surface area (TPSA) is 75.4 Å². The van der Waals surface area contributed by atoms with Crippen LogP contribution >= 0.6 is 0 Å². The van der Waals surface area contributed by atoms with Gasteiger partial charge in [-0.2, -0.15) is 0 Å². The number of hydrogen-bond acceptors (Lipinski definition) is 4. The SMILES string of the molecule is CC1C(=O)NC(=O)CN1CCCCN. The number of carbonyl (C=O) groups excluding carboxylic acids is 2. The van der Waals surface area contributed by atoms with Gasteiger partial charge in [0.1, 0.15) is 0 Å². The molecule has 5 heteroatoms. The van der Waals surface area contributed by atoms with E-state index >= 15 is 0 Å². The van der Waals surface area contributed by atoms with Gasteiger partial charge in [0.2, 0.25) is 11.8 Å². The Hall–Kier alpha value is -0.940. The highest BCUT2D eigenvalue weighted by atomic mass is 16.2. The van der Waals surface area contributed by atoms with Crippen molar-refractivity contribution in [1.82, 2.24) is 10.2 Å². The van der Waals surface area contributed by atoms with Gasteiger partial charge in [-0.15, -0.1) is 0 Å². The minimum Gasteiger partial charge on any atom is -0.330 e. The van der Waals surface area contributed by atoms with Crippen molar-refractivity contribution in [3.05, 3.63) is 0 Å². The molecular formula is C9H17N3O2. The Bertz CT molecular complexity index is 230. The molecule has 1 atom stereocenters. The molecule has 0 radical (unpaired) electrons. The number of nitrogens with two attached hydrogens (primary N) is 1. The fourth-order valence-electron chi connectivity index (χ4n) is 1.50. The highest BCUT2D eigenvalue weighted by Crippen LogP contribution is 2.05. The molecule has 0 saturated carbocycles. The lowest BCUT2D eigenvalue weighted by molar-refractivity contribution is -0.139. The predicted octanol–water partition coefficient (Wildman–Crippen LogP) is -0.928. The second-order valence-electron chi connectivity index (χ2n) is 3.55. The minimum absolute atomic E-state index is 0.200. The first-order chi connectivity index (χ1) is 6.65. The van der Waals surface area contributed by atoms with Crippen molar-refractivity contribution < 1.29 is 9.59 Å². The summed E-state index contributed by atoms with van der Waals surface area (Å²) in [5.41, 5.74) is 5.37. The van der Waals surface area contributed by atoms with Crippen LogP contribution in [0.2, 0.25) is 0 Å². The average molecular weight is 199 g/mol. The van der Waals surface area contributed by atoms with E-state index in [0.29, 0.717) is 13.1 Å². The zero-order valence-corrected chi connectivity index (χ0v) is 8.45. The number of hydrogen-bond donors (Lipinski definition) is 2. The van der Waals surface area contributed by atoms with Gasteiger partial charge in [0, 0.05) is 0 Å². The summed E-state index contributed by atoms with van der Waals surface area (Å²) in [6, 6.07) is -0.203. The number of rotatable bonds is 4. The van der Waals surface area contributed by atoms with Crippen molar-refractivity contribution >= 4 is 11.8 Å². The summed E-state index contributed by atoms with van der Waals surface area (Å²) in [4.78, 5) is 24.2. The average Bonchev–Trinajstić information content (AvgIpc) is 2.13. The minimum atomic E-state index is -0.208. The first-order valence-electron chi connectivity index (χ1n) is 4.93. The third kappa shape index (κ3) is 2.78. The smallest absolute Gasteiger partial charge is 0.243 e. The molecule has 1 fully saturated rings. The molecule has 0 spiro atoms. The largest absolute Gasteiger partial charge is 0.330 e. The maximum atomic E-state index is 11.2. The van der Waals surface area contributed by atoms with Crippen LogP contribution in [0.15, 0.2) is 0 Å². The molecule has 0 aromatic heterocycles. The molecule has 1 aliphatic heterocycles. The maximum Gasteiger partial charge on any atom is 0.243 e.